The van der Waals surface area contributed by atoms with Gasteiger partial charge in [0.2, 0.25) is 5.95 Å². The SMILES string of the molecule is COc1cc(N2CCC(N3CCN(C(=O)OC(C)(C)C)CC3)CC2)c(-c2cn[nH]c2)cc1Nc1ncc(Br)c(Nc2ccc(O)cc2N(C)S(=O)[O-])n1. The standard InChI is InChI=1S/C35H45BrN10O6S/c1-35(2,3)52-34(48)46-14-12-44(13-15-46)23-8-10-45(11-9-23)29-18-31(51-5)28(17-25(29)22-19-38-39-20-22)41-33-37-21-26(36)32(42-33)40-27-7-6-24(47)16-30(27)43(4)53(49)50/h6-7,16-21,23,47H,8-15H2,1-5H3,(H,38,39)(H,49,50)(H2,37,40,41,42)/p-1. The number of phenols is 1. The van der Waals surface area contributed by atoms with Crippen molar-refractivity contribution in [2.24, 2.45) is 0 Å². The molecule has 0 radical (unpaired) electrons. The minimum Gasteiger partial charge on any atom is -0.755 e. The van der Waals surface area contributed by atoms with Gasteiger partial charge in [0, 0.05) is 105 Å². The maximum absolute atomic E-state index is 12.6. The quantitative estimate of drug-likeness (QED) is 0.115. The Morgan fingerprint density at radius 2 is 1.81 bits per heavy atom. The lowest BCUT2D eigenvalue weighted by molar-refractivity contribution is 0.00901. The minimum atomic E-state index is -2.57. The summed E-state index contributed by atoms with van der Waals surface area (Å²) < 4.78 is 36.4. The number of aromatic hydroxyl groups is 1. The van der Waals surface area contributed by atoms with Gasteiger partial charge in [-0.15, -0.1) is 0 Å². The molecule has 4 heterocycles. The molecule has 0 bridgehead atoms. The number of hydrogen-bond donors (Lipinski definition) is 4. The third-order valence-corrected chi connectivity index (χ3v) is 10.4. The third-order valence-electron chi connectivity index (χ3n) is 9.20. The summed E-state index contributed by atoms with van der Waals surface area (Å²) >= 11 is 0.908. The molecule has 1 atom stereocenters. The minimum absolute atomic E-state index is 0.0875. The van der Waals surface area contributed by atoms with E-state index in [2.05, 4.69) is 56.5 Å². The fraction of sp³-hybridized carbons (Fsp3) is 0.429. The number of ether oxygens (including phenoxy) is 2. The summed E-state index contributed by atoms with van der Waals surface area (Å²) in [5.41, 5.74) is 3.62. The zero-order valence-electron chi connectivity index (χ0n) is 30.3. The Balaban J connectivity index is 1.19. The average molecular weight is 813 g/mol. The number of carbonyl (C=O) groups excluding carboxylic acids is 1. The Morgan fingerprint density at radius 3 is 2.45 bits per heavy atom. The van der Waals surface area contributed by atoms with Gasteiger partial charge >= 0.3 is 6.09 Å². The van der Waals surface area contributed by atoms with Gasteiger partial charge in [-0.1, -0.05) is 0 Å². The van der Waals surface area contributed by atoms with Crippen LogP contribution in [0.4, 0.5) is 39.3 Å². The predicted molar refractivity (Wildman–Crippen MR) is 207 cm³/mol. The largest absolute Gasteiger partial charge is 0.755 e. The number of methoxy groups -OCH3 is 1. The highest BCUT2D eigenvalue weighted by Crippen LogP contribution is 2.42. The van der Waals surface area contributed by atoms with Crippen LogP contribution in [-0.2, 0) is 16.0 Å². The number of phenolic OH excluding ortho intramolecular Hbond substituents is 1. The van der Waals surface area contributed by atoms with Crippen LogP contribution in [-0.4, -0.2) is 115 Å². The van der Waals surface area contributed by atoms with Crippen molar-refractivity contribution in [3.63, 3.8) is 0 Å². The van der Waals surface area contributed by atoms with Crippen LogP contribution in [0.1, 0.15) is 33.6 Å². The summed E-state index contributed by atoms with van der Waals surface area (Å²) in [7, 11) is 2.99. The number of aromatic nitrogens is 4. The molecule has 2 aromatic heterocycles. The van der Waals surface area contributed by atoms with E-state index in [4.69, 9.17) is 9.47 Å². The highest BCUT2D eigenvalue weighted by Gasteiger charge is 2.32. The van der Waals surface area contributed by atoms with Gasteiger partial charge in [-0.25, -0.2) is 9.78 Å². The maximum atomic E-state index is 12.6. The van der Waals surface area contributed by atoms with Crippen molar-refractivity contribution in [2.45, 2.75) is 45.3 Å². The Bertz CT molecular complexity index is 1930. The highest BCUT2D eigenvalue weighted by atomic mass is 79.9. The fourth-order valence-corrected chi connectivity index (χ4v) is 7.13. The first kappa shape index (κ1) is 38.1. The Kier molecular flexibility index (Phi) is 11.6. The van der Waals surface area contributed by atoms with Crippen LogP contribution in [0.25, 0.3) is 11.1 Å². The van der Waals surface area contributed by atoms with Crippen molar-refractivity contribution in [1.29, 1.82) is 0 Å². The molecule has 53 heavy (non-hydrogen) atoms. The van der Waals surface area contributed by atoms with Crippen LogP contribution in [0.15, 0.2) is 53.4 Å². The van der Waals surface area contributed by atoms with Gasteiger partial charge in [0.1, 0.15) is 22.9 Å². The first-order chi connectivity index (χ1) is 25.3. The molecule has 1 unspecified atom stereocenters. The van der Waals surface area contributed by atoms with Gasteiger partial charge in [-0.2, -0.15) is 10.1 Å². The zero-order valence-corrected chi connectivity index (χ0v) is 32.7. The second-order valence-electron chi connectivity index (χ2n) is 13.8. The number of anilines is 6. The highest BCUT2D eigenvalue weighted by molar-refractivity contribution is 9.10. The maximum Gasteiger partial charge on any atom is 0.410 e. The molecule has 2 saturated heterocycles. The lowest BCUT2D eigenvalue weighted by Gasteiger charge is -2.43. The smallest absolute Gasteiger partial charge is 0.410 e. The molecule has 0 spiro atoms. The van der Waals surface area contributed by atoms with E-state index < -0.39 is 16.9 Å². The van der Waals surface area contributed by atoms with Crippen LogP contribution in [0.3, 0.4) is 0 Å². The molecule has 6 rings (SSSR count). The molecule has 0 saturated carbocycles. The molecule has 16 nitrogen and oxygen atoms in total. The predicted octanol–water partition coefficient (Wildman–Crippen LogP) is 5.58. The summed E-state index contributed by atoms with van der Waals surface area (Å²) in [5, 5.41) is 23.6. The molecule has 18 heteroatoms. The van der Waals surface area contributed by atoms with Crippen molar-refractivity contribution >= 4 is 67.8 Å². The van der Waals surface area contributed by atoms with E-state index >= 15 is 0 Å². The second kappa shape index (κ2) is 16.2. The first-order valence-electron chi connectivity index (χ1n) is 17.2. The topological polar surface area (TPSA) is 187 Å². The van der Waals surface area contributed by atoms with Gasteiger partial charge in [0.25, 0.3) is 0 Å². The van der Waals surface area contributed by atoms with Crippen molar-refractivity contribution in [3.8, 4) is 22.6 Å². The Labute approximate surface area is 319 Å². The van der Waals surface area contributed by atoms with E-state index in [1.807, 2.05) is 39.1 Å². The van der Waals surface area contributed by atoms with Crippen molar-refractivity contribution in [2.75, 3.05) is 73.3 Å². The van der Waals surface area contributed by atoms with E-state index in [0.717, 1.165) is 60.1 Å². The number of piperazine rings is 1. The number of aromatic amines is 1. The van der Waals surface area contributed by atoms with Crippen LogP contribution in [0.2, 0.25) is 0 Å². The van der Waals surface area contributed by atoms with Crippen LogP contribution in [0, 0.1) is 0 Å². The number of H-pyrrole nitrogens is 1. The zero-order chi connectivity index (χ0) is 37.9. The molecule has 4 N–H and O–H groups in total. The van der Waals surface area contributed by atoms with Crippen molar-refractivity contribution in [3.05, 3.63) is 53.4 Å². The molecule has 284 valence electrons. The van der Waals surface area contributed by atoms with Crippen LogP contribution < -0.4 is 24.6 Å². The monoisotopic (exact) mass is 811 g/mol. The Morgan fingerprint density at radius 1 is 1.08 bits per heavy atom. The third kappa shape index (κ3) is 9.12. The summed E-state index contributed by atoms with van der Waals surface area (Å²) in [4.78, 5) is 28.4. The lowest BCUT2D eigenvalue weighted by Crippen LogP contribution is -2.55. The Hall–Kier alpha value is -4.65. The van der Waals surface area contributed by atoms with Gasteiger partial charge in [0.15, 0.2) is 0 Å². The first-order valence-corrected chi connectivity index (χ1v) is 19.0. The molecule has 2 fully saturated rings. The molecule has 0 aliphatic carbocycles. The fourth-order valence-electron chi connectivity index (χ4n) is 6.52. The number of benzene rings is 2. The van der Waals surface area contributed by atoms with Crippen LogP contribution >= 0.6 is 15.9 Å². The van der Waals surface area contributed by atoms with Crippen LogP contribution in [0.5, 0.6) is 11.5 Å². The number of rotatable bonds is 10. The number of amides is 1. The van der Waals surface area contributed by atoms with Gasteiger partial charge < -0.3 is 43.9 Å². The molecule has 2 aliphatic heterocycles. The number of halogens is 1. The molecule has 1 amide bonds. The van der Waals surface area contributed by atoms with E-state index in [1.165, 1.54) is 19.2 Å². The number of hydrogen-bond acceptors (Lipinski definition) is 13. The number of nitrogens with one attached hydrogen (secondary N) is 3. The molecule has 2 aliphatic rings. The number of carbonyl (C=O) groups is 1. The van der Waals surface area contributed by atoms with Crippen molar-refractivity contribution in [1.82, 2.24) is 30.0 Å². The summed E-state index contributed by atoms with van der Waals surface area (Å²) in [6.45, 7) is 10.3. The average Bonchev–Trinajstić information content (AvgIpc) is 3.68. The number of nitrogens with zero attached hydrogens (tertiary/aromatic N) is 7. The molecule has 2 aromatic carbocycles. The lowest BCUT2D eigenvalue weighted by atomic mass is 9.98. The second-order valence-corrected chi connectivity index (χ2v) is 15.7. The number of piperidine rings is 1. The normalized spacial score (nSPS) is 16.3. The summed E-state index contributed by atoms with van der Waals surface area (Å²) in [6, 6.07) is 8.78. The molecular formula is C35H44BrN10O6S-. The van der Waals surface area contributed by atoms with E-state index in [1.54, 1.807) is 30.5 Å². The van der Waals surface area contributed by atoms with Gasteiger partial charge in [0.05, 0.1) is 34.8 Å². The molecular weight excluding hydrogens is 768 g/mol. The van der Waals surface area contributed by atoms with Gasteiger partial charge in [-0.05, 0) is 67.7 Å². The van der Waals surface area contributed by atoms with Gasteiger partial charge in [-0.3, -0.25) is 14.2 Å². The summed E-state index contributed by atoms with van der Waals surface area (Å²) in [6.07, 6.45) is 6.92. The van der Waals surface area contributed by atoms with Crippen molar-refractivity contribution < 1.29 is 28.1 Å². The summed E-state index contributed by atoms with van der Waals surface area (Å²) in [5.74, 6) is 1.12. The van der Waals surface area contributed by atoms with E-state index in [9.17, 15) is 18.7 Å². The molecule has 4 aromatic rings. The van der Waals surface area contributed by atoms with E-state index in [-0.39, 0.29) is 23.5 Å². The van der Waals surface area contributed by atoms with E-state index in [0.29, 0.717) is 46.5 Å².